The van der Waals surface area contributed by atoms with E-state index >= 15 is 0 Å². The zero-order valence-electron chi connectivity index (χ0n) is 6.71. The number of rotatable bonds is 2. The van der Waals surface area contributed by atoms with Crippen LogP contribution in [-0.2, 0) is 0 Å². The second-order valence-electron chi connectivity index (χ2n) is 3.21. The minimum atomic E-state index is -0.375. The first-order chi connectivity index (χ1) is 4.02. The van der Waals surface area contributed by atoms with Crippen LogP contribution in [0.4, 0.5) is 0 Å². The Hall–Kier alpha value is 0.394. The van der Waals surface area contributed by atoms with Crippen molar-refractivity contribution in [1.82, 2.24) is 4.65 Å². The fraction of sp³-hybridized carbons (Fsp3) is 1.00. The maximum atomic E-state index is 3.35. The van der Waals surface area contributed by atoms with Gasteiger partial charge in [0, 0.05) is 0 Å². The lowest BCUT2D eigenvalue weighted by Crippen LogP contribution is -2.39. The van der Waals surface area contributed by atoms with Gasteiger partial charge in [0.2, 0.25) is 0 Å². The van der Waals surface area contributed by atoms with Crippen molar-refractivity contribution < 1.29 is 0 Å². The molecule has 1 N–H and O–H groups in total. The van der Waals surface area contributed by atoms with Gasteiger partial charge in [0.15, 0.2) is 0 Å². The van der Waals surface area contributed by atoms with Gasteiger partial charge in [-0.25, -0.2) is 0 Å². The topological polar surface area (TPSA) is 12.0 Å². The minimum Gasteiger partial charge on any atom is -0.363 e. The van der Waals surface area contributed by atoms with Crippen molar-refractivity contribution in [2.45, 2.75) is 38.8 Å². The maximum absolute atomic E-state index is 3.35. The molecule has 0 aromatic carbocycles. The monoisotopic (exact) mass is 157 g/mol. The summed E-state index contributed by atoms with van der Waals surface area (Å²) in [6.07, 6.45) is 0. The molecule has 0 spiro atoms. The molecule has 0 aromatic heterocycles. The summed E-state index contributed by atoms with van der Waals surface area (Å²) in [5, 5.41) is 0.459. The minimum absolute atomic E-state index is 0.375. The predicted molar refractivity (Wildman–Crippen MR) is 44.8 cm³/mol. The van der Waals surface area contributed by atoms with E-state index in [4.69, 9.17) is 0 Å². The predicted octanol–water partition coefficient (Wildman–Crippen LogP) is 1.47. The fourth-order valence-corrected chi connectivity index (χ4v) is 4.07. The molecule has 0 saturated heterocycles. The zero-order valence-corrected chi connectivity index (χ0v) is 8.71. The summed E-state index contributed by atoms with van der Waals surface area (Å²) in [7, 11) is 2.98. The van der Waals surface area contributed by atoms with E-state index in [-0.39, 0.29) is 8.96 Å². The molecule has 0 amide bonds. The lowest BCUT2D eigenvalue weighted by molar-refractivity contribution is 0.725. The Kier molecular flexibility index (Phi) is 3.69. The molecule has 52 valence electrons. The van der Waals surface area contributed by atoms with Gasteiger partial charge in [-0.3, -0.25) is 0 Å². The van der Waals surface area contributed by atoms with E-state index in [0.717, 1.165) is 0 Å². The molecule has 0 aliphatic carbocycles. The van der Waals surface area contributed by atoms with Gasteiger partial charge >= 0.3 is 0 Å². The third-order valence-electron chi connectivity index (χ3n) is 1.41. The van der Waals surface area contributed by atoms with Gasteiger partial charge in [-0.05, 0) is 11.1 Å². The van der Waals surface area contributed by atoms with Crippen molar-refractivity contribution in [3.8, 4) is 0 Å². The van der Waals surface area contributed by atoms with Crippen LogP contribution in [0, 0.1) is 0 Å². The zero-order chi connectivity index (χ0) is 7.49. The summed E-state index contributed by atoms with van der Waals surface area (Å²) in [4.78, 5) is 0. The van der Waals surface area contributed by atoms with Crippen LogP contribution in [0.5, 0.6) is 0 Å². The van der Waals surface area contributed by atoms with Gasteiger partial charge in [-0.2, -0.15) is 0 Å². The Morgan fingerprint density at radius 3 is 1.89 bits per heavy atom. The number of hydrogen-bond acceptors (Lipinski definition) is 1. The van der Waals surface area contributed by atoms with E-state index in [9.17, 15) is 0 Å². The molecule has 0 aromatic rings. The quantitative estimate of drug-likeness (QED) is 0.599. The summed E-state index contributed by atoms with van der Waals surface area (Å²) in [6, 6.07) is 1.26. The largest absolute Gasteiger partial charge is 0.363 e. The molecule has 0 unspecified atom stereocenters. The highest BCUT2D eigenvalue weighted by molar-refractivity contribution is 6.64. The molecule has 0 rings (SSSR count). The van der Waals surface area contributed by atoms with Gasteiger partial charge in [-0.1, -0.05) is 27.7 Å². The first-order valence-electron chi connectivity index (χ1n) is 3.31. The standard InChI is InChI=1S/C6H15NSi2/c1-5-9(7-8)6(2,3)4/h7H,5H2,1-4H3. The first-order valence-corrected chi connectivity index (χ1v) is 5.52. The third-order valence-corrected chi connectivity index (χ3v) is 5.13. The molecular formula is C6H15NSi2. The Bertz CT molecular complexity index is 73.6. The molecule has 0 bridgehead atoms. The van der Waals surface area contributed by atoms with Gasteiger partial charge in [0.25, 0.3) is 0 Å². The van der Waals surface area contributed by atoms with Crippen LogP contribution in [0.25, 0.3) is 0 Å². The highest BCUT2D eigenvalue weighted by Gasteiger charge is 2.22. The second-order valence-corrected chi connectivity index (χ2v) is 7.37. The SMILES string of the molecule is CC[Si](N[Si])C(C)(C)C. The molecule has 3 heteroatoms. The summed E-state index contributed by atoms with van der Waals surface area (Å²) >= 11 is 0. The van der Waals surface area contributed by atoms with Crippen molar-refractivity contribution in [3.63, 3.8) is 0 Å². The van der Waals surface area contributed by atoms with Gasteiger partial charge in [-0.15, -0.1) is 0 Å². The molecule has 0 aliphatic heterocycles. The van der Waals surface area contributed by atoms with Crippen molar-refractivity contribution in [1.29, 1.82) is 0 Å². The van der Waals surface area contributed by atoms with Crippen molar-refractivity contribution in [3.05, 3.63) is 0 Å². The van der Waals surface area contributed by atoms with Crippen LogP contribution in [0.2, 0.25) is 11.1 Å². The smallest absolute Gasteiger partial charge is 0.132 e. The first kappa shape index (κ1) is 9.39. The van der Waals surface area contributed by atoms with Crippen LogP contribution in [0.3, 0.4) is 0 Å². The Labute approximate surface area is 63.4 Å². The summed E-state index contributed by atoms with van der Waals surface area (Å²) in [5.74, 6) is 0. The van der Waals surface area contributed by atoms with Gasteiger partial charge < -0.3 is 4.65 Å². The van der Waals surface area contributed by atoms with E-state index < -0.39 is 0 Å². The van der Waals surface area contributed by atoms with Crippen LogP contribution in [-0.4, -0.2) is 19.4 Å². The highest BCUT2D eigenvalue weighted by atomic mass is 28.3. The van der Waals surface area contributed by atoms with Gasteiger partial charge in [0.1, 0.15) is 19.4 Å². The molecule has 0 heterocycles. The van der Waals surface area contributed by atoms with E-state index in [1.807, 2.05) is 0 Å². The molecular weight excluding hydrogens is 142 g/mol. The maximum Gasteiger partial charge on any atom is 0.132 e. The molecule has 0 atom stereocenters. The molecule has 0 aliphatic rings. The Balaban J connectivity index is 3.79. The lowest BCUT2D eigenvalue weighted by Gasteiger charge is -2.26. The molecule has 9 heavy (non-hydrogen) atoms. The van der Waals surface area contributed by atoms with Crippen LogP contribution in [0.1, 0.15) is 27.7 Å². The average molecular weight is 157 g/mol. The summed E-state index contributed by atoms with van der Waals surface area (Å²) in [6.45, 7) is 9.06. The molecule has 1 nitrogen and oxygen atoms in total. The normalized spacial score (nSPS) is 12.7. The van der Waals surface area contributed by atoms with E-state index in [2.05, 4.69) is 42.7 Å². The van der Waals surface area contributed by atoms with E-state index in [1.54, 1.807) is 0 Å². The lowest BCUT2D eigenvalue weighted by atomic mass is 10.2. The van der Waals surface area contributed by atoms with Crippen molar-refractivity contribution in [2.24, 2.45) is 0 Å². The Morgan fingerprint density at radius 2 is 1.89 bits per heavy atom. The molecule has 0 saturated carbocycles. The van der Waals surface area contributed by atoms with E-state index in [0.29, 0.717) is 5.04 Å². The fourth-order valence-electron chi connectivity index (χ4n) is 0.806. The van der Waals surface area contributed by atoms with E-state index in [1.165, 1.54) is 6.04 Å². The van der Waals surface area contributed by atoms with Crippen molar-refractivity contribution in [2.75, 3.05) is 0 Å². The molecule has 0 fully saturated rings. The van der Waals surface area contributed by atoms with Crippen LogP contribution >= 0.6 is 0 Å². The second kappa shape index (κ2) is 3.53. The Morgan fingerprint density at radius 1 is 1.44 bits per heavy atom. The van der Waals surface area contributed by atoms with Crippen molar-refractivity contribution >= 4 is 19.4 Å². The highest BCUT2D eigenvalue weighted by Crippen LogP contribution is 2.26. The average Bonchev–Trinajstić information content (AvgIpc) is 1.65. The van der Waals surface area contributed by atoms with Gasteiger partial charge in [0.05, 0.1) is 0 Å². The number of hydrogen-bond donors (Lipinski definition) is 1. The third kappa shape index (κ3) is 3.18. The molecule has 4 radical (unpaired) electrons. The summed E-state index contributed by atoms with van der Waals surface area (Å²) in [5.41, 5.74) is 0. The summed E-state index contributed by atoms with van der Waals surface area (Å²) < 4.78 is 3.20. The van der Waals surface area contributed by atoms with Crippen LogP contribution < -0.4 is 4.65 Å². The number of nitrogens with one attached hydrogen (secondary N) is 1. The van der Waals surface area contributed by atoms with Crippen LogP contribution in [0.15, 0.2) is 0 Å².